The maximum absolute atomic E-state index is 12.0. The van der Waals surface area contributed by atoms with Gasteiger partial charge in [-0.25, -0.2) is 4.79 Å². The summed E-state index contributed by atoms with van der Waals surface area (Å²) < 4.78 is 5.40. The first-order chi connectivity index (χ1) is 8.40. The second kappa shape index (κ2) is 4.66. The highest BCUT2D eigenvalue weighted by Gasteiger charge is 2.36. The molecule has 0 unspecified atom stereocenters. The zero-order chi connectivity index (χ0) is 13.3. The molecule has 0 spiro atoms. The Morgan fingerprint density at radius 2 is 2.17 bits per heavy atom. The minimum atomic E-state index is -0.432. The van der Waals surface area contributed by atoms with Crippen molar-refractivity contribution in [3.05, 3.63) is 0 Å². The topological polar surface area (TPSA) is 57.2 Å². The molecule has 1 amide bonds. The molecule has 2 aliphatic rings. The van der Waals surface area contributed by atoms with Crippen LogP contribution in [-0.2, 0) is 4.74 Å². The third-order valence-corrected chi connectivity index (χ3v) is 3.11. The Hall–Kier alpha value is -1.46. The molecular weight excluding hydrogens is 232 g/mol. The van der Waals surface area contributed by atoms with Crippen LogP contribution in [0.4, 0.5) is 4.79 Å². The number of piperazine rings is 1. The molecule has 0 saturated carbocycles. The van der Waals surface area contributed by atoms with E-state index in [4.69, 9.17) is 4.74 Å². The Morgan fingerprint density at radius 1 is 1.44 bits per heavy atom. The number of carbonyl (C=O) groups excluding carboxylic acids is 1. The number of amides is 1. The SMILES string of the molecule is CN=C1NC[C@H]2CN(C(=O)OC(C)(C)C)CCN12. The van der Waals surface area contributed by atoms with Crippen molar-refractivity contribution >= 4 is 12.1 Å². The molecule has 6 nitrogen and oxygen atoms in total. The number of hydrogen-bond acceptors (Lipinski definition) is 3. The van der Waals surface area contributed by atoms with Gasteiger partial charge in [-0.15, -0.1) is 0 Å². The van der Waals surface area contributed by atoms with Crippen LogP contribution in [0, 0.1) is 0 Å². The van der Waals surface area contributed by atoms with Gasteiger partial charge in [0.15, 0.2) is 5.96 Å². The van der Waals surface area contributed by atoms with Gasteiger partial charge in [0.05, 0.1) is 6.04 Å². The first-order valence-corrected chi connectivity index (χ1v) is 6.36. The highest BCUT2D eigenvalue weighted by molar-refractivity contribution is 5.82. The van der Waals surface area contributed by atoms with Crippen LogP contribution in [-0.4, -0.2) is 66.7 Å². The molecule has 2 heterocycles. The fourth-order valence-corrected chi connectivity index (χ4v) is 2.32. The van der Waals surface area contributed by atoms with Crippen LogP contribution in [0.3, 0.4) is 0 Å². The lowest BCUT2D eigenvalue weighted by Crippen LogP contribution is -2.54. The zero-order valence-corrected chi connectivity index (χ0v) is 11.6. The highest BCUT2D eigenvalue weighted by atomic mass is 16.6. The van der Waals surface area contributed by atoms with Crippen LogP contribution in [0.2, 0.25) is 0 Å². The van der Waals surface area contributed by atoms with E-state index in [0.717, 1.165) is 19.0 Å². The standard InChI is InChI=1S/C12H22N4O2/c1-12(2,3)18-11(17)15-5-6-16-9(8-15)7-14-10(16)13-4/h9H,5-8H2,1-4H3,(H,13,14)/t9-/m0/s1. The lowest BCUT2D eigenvalue weighted by molar-refractivity contribution is 0.0142. The van der Waals surface area contributed by atoms with Crippen molar-refractivity contribution < 1.29 is 9.53 Å². The number of guanidine groups is 1. The van der Waals surface area contributed by atoms with Crippen molar-refractivity contribution in [1.29, 1.82) is 0 Å². The predicted octanol–water partition coefficient (Wildman–Crippen LogP) is 0.497. The molecule has 0 radical (unpaired) electrons. The quantitative estimate of drug-likeness (QED) is 0.684. The van der Waals surface area contributed by atoms with E-state index in [-0.39, 0.29) is 6.09 Å². The van der Waals surface area contributed by atoms with Gasteiger partial charge in [-0.2, -0.15) is 0 Å². The van der Waals surface area contributed by atoms with E-state index in [9.17, 15) is 4.79 Å². The fraction of sp³-hybridized carbons (Fsp3) is 0.833. The monoisotopic (exact) mass is 254 g/mol. The molecule has 0 aromatic heterocycles. The maximum Gasteiger partial charge on any atom is 0.410 e. The van der Waals surface area contributed by atoms with Gasteiger partial charge in [0.2, 0.25) is 0 Å². The fourth-order valence-electron chi connectivity index (χ4n) is 2.32. The Balaban J connectivity index is 1.94. The van der Waals surface area contributed by atoms with E-state index in [2.05, 4.69) is 15.2 Å². The average Bonchev–Trinajstić information content (AvgIpc) is 2.68. The van der Waals surface area contributed by atoms with Crippen LogP contribution in [0.15, 0.2) is 4.99 Å². The van der Waals surface area contributed by atoms with Crippen molar-refractivity contribution in [2.24, 2.45) is 4.99 Å². The molecule has 2 rings (SSSR count). The van der Waals surface area contributed by atoms with Gasteiger partial charge < -0.3 is 19.9 Å². The molecule has 2 aliphatic heterocycles. The molecule has 0 aliphatic carbocycles. The number of rotatable bonds is 0. The largest absolute Gasteiger partial charge is 0.444 e. The van der Waals surface area contributed by atoms with Gasteiger partial charge >= 0.3 is 6.09 Å². The molecule has 2 saturated heterocycles. The van der Waals surface area contributed by atoms with Gasteiger partial charge in [-0.3, -0.25) is 4.99 Å². The number of fused-ring (bicyclic) bond motifs is 1. The molecule has 0 aromatic carbocycles. The molecule has 102 valence electrons. The van der Waals surface area contributed by atoms with E-state index in [1.807, 2.05) is 20.8 Å². The van der Waals surface area contributed by atoms with Crippen molar-refractivity contribution in [3.8, 4) is 0 Å². The van der Waals surface area contributed by atoms with Gasteiger partial charge in [0.1, 0.15) is 5.60 Å². The van der Waals surface area contributed by atoms with Crippen LogP contribution < -0.4 is 5.32 Å². The predicted molar refractivity (Wildman–Crippen MR) is 69.7 cm³/mol. The molecule has 1 N–H and O–H groups in total. The Kier molecular flexibility index (Phi) is 3.36. The van der Waals surface area contributed by atoms with Crippen molar-refractivity contribution in [3.63, 3.8) is 0 Å². The molecule has 6 heteroatoms. The molecule has 1 atom stereocenters. The number of nitrogens with one attached hydrogen (secondary N) is 1. The summed E-state index contributed by atoms with van der Waals surface area (Å²) in [5.41, 5.74) is -0.432. The van der Waals surface area contributed by atoms with Crippen molar-refractivity contribution in [2.75, 3.05) is 33.2 Å². The van der Waals surface area contributed by atoms with E-state index in [1.165, 1.54) is 0 Å². The summed E-state index contributed by atoms with van der Waals surface area (Å²) in [5.74, 6) is 0.934. The highest BCUT2D eigenvalue weighted by Crippen LogP contribution is 2.17. The van der Waals surface area contributed by atoms with Crippen LogP contribution in [0.1, 0.15) is 20.8 Å². The second-order valence-corrected chi connectivity index (χ2v) is 5.70. The van der Waals surface area contributed by atoms with Crippen molar-refractivity contribution in [2.45, 2.75) is 32.4 Å². The molecule has 0 bridgehead atoms. The van der Waals surface area contributed by atoms with Crippen LogP contribution in [0.25, 0.3) is 0 Å². The number of nitrogens with zero attached hydrogens (tertiary/aromatic N) is 3. The number of hydrogen-bond donors (Lipinski definition) is 1. The Morgan fingerprint density at radius 3 is 2.78 bits per heavy atom. The lowest BCUT2D eigenvalue weighted by atomic mass is 10.2. The summed E-state index contributed by atoms with van der Waals surface area (Å²) in [6, 6.07) is 0.310. The summed E-state index contributed by atoms with van der Waals surface area (Å²) in [7, 11) is 1.78. The van der Waals surface area contributed by atoms with E-state index >= 15 is 0 Å². The minimum absolute atomic E-state index is 0.218. The first-order valence-electron chi connectivity index (χ1n) is 6.36. The van der Waals surface area contributed by atoms with Gasteiger partial charge in [-0.1, -0.05) is 0 Å². The van der Waals surface area contributed by atoms with Crippen LogP contribution in [0.5, 0.6) is 0 Å². The second-order valence-electron chi connectivity index (χ2n) is 5.70. The van der Waals surface area contributed by atoms with Gasteiger partial charge in [0.25, 0.3) is 0 Å². The molecule has 2 fully saturated rings. The molecular formula is C12H22N4O2. The number of ether oxygens (including phenoxy) is 1. The normalized spacial score (nSPS) is 26.0. The Bertz CT molecular complexity index is 362. The third kappa shape index (κ3) is 2.68. The third-order valence-electron chi connectivity index (χ3n) is 3.11. The molecule has 18 heavy (non-hydrogen) atoms. The summed E-state index contributed by atoms with van der Waals surface area (Å²) >= 11 is 0. The maximum atomic E-state index is 12.0. The summed E-state index contributed by atoms with van der Waals surface area (Å²) in [5, 5.41) is 3.25. The minimum Gasteiger partial charge on any atom is -0.444 e. The van der Waals surface area contributed by atoms with E-state index in [1.54, 1.807) is 11.9 Å². The summed E-state index contributed by atoms with van der Waals surface area (Å²) in [6.07, 6.45) is -0.218. The zero-order valence-electron chi connectivity index (χ0n) is 11.6. The van der Waals surface area contributed by atoms with E-state index in [0.29, 0.717) is 19.1 Å². The summed E-state index contributed by atoms with van der Waals surface area (Å²) in [6.45, 7) is 8.70. The lowest BCUT2D eigenvalue weighted by Gasteiger charge is -2.37. The van der Waals surface area contributed by atoms with Gasteiger partial charge in [-0.05, 0) is 20.8 Å². The average molecular weight is 254 g/mol. The van der Waals surface area contributed by atoms with Gasteiger partial charge in [0, 0.05) is 33.2 Å². The smallest absolute Gasteiger partial charge is 0.410 e. The number of aliphatic imine (C=N–C) groups is 1. The van der Waals surface area contributed by atoms with E-state index < -0.39 is 5.60 Å². The van der Waals surface area contributed by atoms with Crippen molar-refractivity contribution in [1.82, 2.24) is 15.1 Å². The summed E-state index contributed by atoms with van der Waals surface area (Å²) in [4.78, 5) is 20.2. The number of carbonyl (C=O) groups is 1. The molecule has 0 aromatic rings. The van der Waals surface area contributed by atoms with Crippen LogP contribution >= 0.6 is 0 Å². The first kappa shape index (κ1) is 13.0. The Labute approximate surface area is 108 Å².